The van der Waals surface area contributed by atoms with Crippen LogP contribution in [0.25, 0.3) is 78.2 Å². The van der Waals surface area contributed by atoms with Crippen LogP contribution in [-0.2, 0) is 6.42 Å². The van der Waals surface area contributed by atoms with E-state index in [1.165, 1.54) is 63.8 Å². The Bertz CT molecular complexity index is 2940. The third-order valence-electron chi connectivity index (χ3n) is 10.5. The van der Waals surface area contributed by atoms with Crippen LogP contribution in [0, 0.1) is 0 Å². The molecule has 5 heteroatoms. The molecule has 0 atom stereocenters. The highest BCUT2D eigenvalue weighted by Gasteiger charge is 2.26. The molecule has 1 aliphatic carbocycles. The lowest BCUT2D eigenvalue weighted by Gasteiger charge is -2.21. The molecule has 0 spiro atoms. The van der Waals surface area contributed by atoms with E-state index in [1.807, 2.05) is 35.7 Å². The van der Waals surface area contributed by atoms with Gasteiger partial charge in [-0.15, -0.1) is 0 Å². The number of benzene rings is 7. The summed E-state index contributed by atoms with van der Waals surface area (Å²) in [6.45, 7) is 0. The van der Waals surface area contributed by atoms with Gasteiger partial charge in [0.05, 0.1) is 27.1 Å². The lowest BCUT2D eigenvalue weighted by Crippen LogP contribution is -2.01. The average molecular weight is 714 g/mol. The minimum Gasteiger partial charge on any atom is -0.307 e. The molecule has 0 fully saturated rings. The van der Waals surface area contributed by atoms with Crippen molar-refractivity contribution in [1.82, 2.24) is 14.5 Å². The van der Waals surface area contributed by atoms with Crippen LogP contribution in [0.3, 0.4) is 0 Å². The first-order chi connectivity index (χ1) is 26.3. The van der Waals surface area contributed by atoms with Crippen LogP contribution in [0.1, 0.15) is 17.5 Å². The molecule has 250 valence electrons. The maximum atomic E-state index is 5.11. The predicted octanol–water partition coefficient (Wildman–Crippen LogP) is 13.3. The van der Waals surface area contributed by atoms with Crippen molar-refractivity contribution in [3.8, 4) is 39.5 Å². The number of hydrogen-bond donors (Lipinski definition) is 0. The number of para-hydroxylation sites is 1. The van der Waals surface area contributed by atoms with E-state index in [0.29, 0.717) is 0 Å². The van der Waals surface area contributed by atoms with Gasteiger partial charge in [-0.05, 0) is 65.9 Å². The molecule has 1 aliphatic heterocycles. The van der Waals surface area contributed by atoms with Gasteiger partial charge in [-0.2, -0.15) is 0 Å². The molecule has 2 aromatic heterocycles. The molecule has 0 saturated carbocycles. The van der Waals surface area contributed by atoms with Crippen molar-refractivity contribution in [3.63, 3.8) is 0 Å². The Labute approximate surface area is 316 Å². The molecule has 11 rings (SSSR count). The zero-order valence-corrected chi connectivity index (χ0v) is 30.3. The molecule has 9 aromatic rings. The van der Waals surface area contributed by atoms with E-state index in [2.05, 4.69) is 156 Å². The normalized spacial score (nSPS) is 13.3. The molecule has 0 bridgehead atoms. The third-order valence-corrected chi connectivity index (χ3v) is 13.1. The lowest BCUT2D eigenvalue weighted by molar-refractivity contribution is 0.985. The van der Waals surface area contributed by atoms with Gasteiger partial charge in [0.25, 0.3) is 0 Å². The SMILES string of the molecule is C1=Cc2c(ccc3c4ccc5c(c4n(-c4cccc(-c6ccc(-c7nc(-c8ccccc8)c8ccccc8n7)cc6)c4)c23)Sc2ccccc2S5)CC1. The minimum absolute atomic E-state index is 0.729. The fraction of sp³-hybridized carbons (Fsp3) is 0.0417. The second kappa shape index (κ2) is 12.4. The van der Waals surface area contributed by atoms with Crippen LogP contribution in [0.2, 0.25) is 0 Å². The van der Waals surface area contributed by atoms with Gasteiger partial charge in [0.1, 0.15) is 0 Å². The Balaban J connectivity index is 1.05. The number of nitrogens with zero attached hydrogens (tertiary/aromatic N) is 3. The summed E-state index contributed by atoms with van der Waals surface area (Å²) >= 11 is 3.78. The fourth-order valence-corrected chi connectivity index (χ4v) is 10.4. The van der Waals surface area contributed by atoms with Crippen molar-refractivity contribution >= 4 is 62.3 Å². The molecule has 7 aromatic carbocycles. The summed E-state index contributed by atoms with van der Waals surface area (Å²) in [4.78, 5) is 15.4. The summed E-state index contributed by atoms with van der Waals surface area (Å²) in [7, 11) is 0. The molecular formula is C48H31N3S2. The molecule has 2 aliphatic rings. The van der Waals surface area contributed by atoms with Crippen LogP contribution in [-0.4, -0.2) is 14.5 Å². The molecule has 0 amide bonds. The first-order valence-corrected chi connectivity index (χ1v) is 19.7. The summed E-state index contributed by atoms with van der Waals surface area (Å²) in [5.74, 6) is 0.729. The van der Waals surface area contributed by atoms with Crippen molar-refractivity contribution in [1.29, 1.82) is 0 Å². The van der Waals surface area contributed by atoms with E-state index in [-0.39, 0.29) is 0 Å². The van der Waals surface area contributed by atoms with Gasteiger partial charge in [-0.25, -0.2) is 9.97 Å². The first-order valence-electron chi connectivity index (χ1n) is 18.0. The molecule has 0 unspecified atom stereocenters. The molecule has 3 nitrogen and oxygen atoms in total. The van der Waals surface area contributed by atoms with Crippen LogP contribution >= 0.6 is 23.5 Å². The van der Waals surface area contributed by atoms with Crippen LogP contribution in [0.4, 0.5) is 0 Å². The molecule has 0 N–H and O–H groups in total. The number of fused-ring (bicyclic) bond motifs is 9. The zero-order valence-electron chi connectivity index (χ0n) is 28.7. The van der Waals surface area contributed by atoms with Gasteiger partial charge in [-0.1, -0.05) is 151 Å². The van der Waals surface area contributed by atoms with Crippen molar-refractivity contribution in [2.75, 3.05) is 0 Å². The van der Waals surface area contributed by atoms with Gasteiger partial charge in [-0.3, -0.25) is 0 Å². The van der Waals surface area contributed by atoms with Gasteiger partial charge < -0.3 is 4.57 Å². The fourth-order valence-electron chi connectivity index (χ4n) is 8.00. The van der Waals surface area contributed by atoms with Crippen molar-refractivity contribution in [2.45, 2.75) is 32.4 Å². The standard InChI is InChI=1S/C48H31N3S2/c1-2-12-32(13-3-1)44-39-17-6-7-18-40(39)49-48(50-44)33-23-21-30(22-24-33)34-14-10-15-35(29-34)51-45-36-16-5-4-11-31(36)25-26-37(45)38-27-28-43-47(46(38)51)53-42-20-9-8-19-41(42)52-43/h1-3,5-10,12-29H,4,11H2. The average Bonchev–Trinajstić information content (AvgIpc) is 3.58. The first kappa shape index (κ1) is 30.7. The highest BCUT2D eigenvalue weighted by Crippen LogP contribution is 2.53. The van der Waals surface area contributed by atoms with E-state index in [0.717, 1.165) is 52.0 Å². The Hall–Kier alpha value is -5.88. The number of aromatic nitrogens is 3. The Kier molecular flexibility index (Phi) is 7.17. The number of rotatable bonds is 4. The highest BCUT2D eigenvalue weighted by molar-refractivity contribution is 8.05. The Morgan fingerprint density at radius 3 is 2.13 bits per heavy atom. The van der Waals surface area contributed by atoms with E-state index in [4.69, 9.17) is 9.97 Å². The molecule has 0 saturated heterocycles. The topological polar surface area (TPSA) is 30.7 Å². The van der Waals surface area contributed by atoms with Crippen LogP contribution in [0.5, 0.6) is 0 Å². The summed E-state index contributed by atoms with van der Waals surface area (Å²) in [6.07, 6.45) is 6.83. The molecule has 3 heterocycles. The van der Waals surface area contributed by atoms with Crippen molar-refractivity contribution in [2.24, 2.45) is 0 Å². The predicted molar refractivity (Wildman–Crippen MR) is 222 cm³/mol. The summed E-state index contributed by atoms with van der Waals surface area (Å²) in [5.41, 5.74) is 12.8. The van der Waals surface area contributed by atoms with Gasteiger partial charge in [0.2, 0.25) is 0 Å². The largest absolute Gasteiger partial charge is 0.307 e. The second-order valence-corrected chi connectivity index (χ2v) is 15.8. The lowest BCUT2D eigenvalue weighted by atomic mass is 9.95. The van der Waals surface area contributed by atoms with Crippen LogP contribution < -0.4 is 0 Å². The van der Waals surface area contributed by atoms with Gasteiger partial charge in [0.15, 0.2) is 5.82 Å². The summed E-state index contributed by atoms with van der Waals surface area (Å²) in [5, 5.41) is 3.66. The Morgan fingerprint density at radius 2 is 1.25 bits per heavy atom. The summed E-state index contributed by atoms with van der Waals surface area (Å²) < 4.78 is 2.55. The van der Waals surface area contributed by atoms with Crippen molar-refractivity contribution in [3.05, 3.63) is 169 Å². The maximum absolute atomic E-state index is 5.11. The number of allylic oxidation sites excluding steroid dienone is 1. The quantitative estimate of drug-likeness (QED) is 0.182. The van der Waals surface area contributed by atoms with E-state index in [1.54, 1.807) is 0 Å². The summed E-state index contributed by atoms with van der Waals surface area (Å²) in [6, 6.07) is 54.6. The van der Waals surface area contributed by atoms with Gasteiger partial charge >= 0.3 is 0 Å². The molecule has 53 heavy (non-hydrogen) atoms. The number of hydrogen-bond acceptors (Lipinski definition) is 4. The Morgan fingerprint density at radius 1 is 0.509 bits per heavy atom. The monoisotopic (exact) mass is 713 g/mol. The maximum Gasteiger partial charge on any atom is 0.160 e. The van der Waals surface area contributed by atoms with E-state index in [9.17, 15) is 0 Å². The van der Waals surface area contributed by atoms with Crippen LogP contribution in [0.15, 0.2) is 177 Å². The zero-order chi connectivity index (χ0) is 34.9. The van der Waals surface area contributed by atoms with E-state index < -0.39 is 0 Å². The molecular weight excluding hydrogens is 683 g/mol. The second-order valence-electron chi connectivity index (χ2n) is 13.7. The molecule has 0 radical (unpaired) electrons. The van der Waals surface area contributed by atoms with Gasteiger partial charge in [0, 0.05) is 53.2 Å². The highest BCUT2D eigenvalue weighted by atomic mass is 32.2. The third kappa shape index (κ3) is 5.07. The minimum atomic E-state index is 0.729. The smallest absolute Gasteiger partial charge is 0.160 e. The van der Waals surface area contributed by atoms with E-state index >= 15 is 0 Å². The van der Waals surface area contributed by atoms with Crippen molar-refractivity contribution < 1.29 is 0 Å². The number of aryl methyl sites for hydroxylation is 1.